The average Bonchev–Trinajstić information content (AvgIpc) is 2.41. The standard InChI is InChI=1S/C17H37NO/c1-5-9-10-11-12-13-15-16(18-7-3)17(14-6-2)19-8-4/h16-18H,5-15H2,1-4H3. The van der Waals surface area contributed by atoms with Gasteiger partial charge in [0.1, 0.15) is 0 Å². The average molecular weight is 271 g/mol. The van der Waals surface area contributed by atoms with Crippen molar-refractivity contribution >= 4 is 0 Å². The van der Waals surface area contributed by atoms with Crippen LogP contribution < -0.4 is 5.32 Å². The fraction of sp³-hybridized carbons (Fsp3) is 1.00. The largest absolute Gasteiger partial charge is 0.377 e. The minimum Gasteiger partial charge on any atom is -0.377 e. The van der Waals surface area contributed by atoms with Gasteiger partial charge in [-0.1, -0.05) is 65.7 Å². The predicted octanol–water partition coefficient (Wildman–Crippen LogP) is 4.92. The highest BCUT2D eigenvalue weighted by atomic mass is 16.5. The monoisotopic (exact) mass is 271 g/mol. The van der Waals surface area contributed by atoms with E-state index in [9.17, 15) is 0 Å². The van der Waals surface area contributed by atoms with Crippen LogP contribution in [0.5, 0.6) is 0 Å². The lowest BCUT2D eigenvalue weighted by molar-refractivity contribution is 0.0256. The van der Waals surface area contributed by atoms with E-state index in [1.807, 2.05) is 0 Å². The molecule has 2 nitrogen and oxygen atoms in total. The Bertz CT molecular complexity index is 167. The van der Waals surface area contributed by atoms with Gasteiger partial charge >= 0.3 is 0 Å². The minimum absolute atomic E-state index is 0.408. The summed E-state index contributed by atoms with van der Waals surface area (Å²) in [5, 5.41) is 3.63. The molecule has 0 aromatic rings. The highest BCUT2D eigenvalue weighted by Gasteiger charge is 2.19. The maximum Gasteiger partial charge on any atom is 0.0727 e. The summed E-state index contributed by atoms with van der Waals surface area (Å²) in [5.41, 5.74) is 0. The van der Waals surface area contributed by atoms with Gasteiger partial charge < -0.3 is 10.1 Å². The van der Waals surface area contributed by atoms with E-state index in [-0.39, 0.29) is 0 Å². The number of nitrogens with one attached hydrogen (secondary N) is 1. The van der Waals surface area contributed by atoms with Gasteiger partial charge in [0, 0.05) is 12.6 Å². The van der Waals surface area contributed by atoms with Crippen LogP contribution in [0.2, 0.25) is 0 Å². The molecular weight excluding hydrogens is 234 g/mol. The van der Waals surface area contributed by atoms with Crippen LogP contribution in [0.15, 0.2) is 0 Å². The molecule has 0 fully saturated rings. The highest BCUT2D eigenvalue weighted by molar-refractivity contribution is 4.76. The van der Waals surface area contributed by atoms with Crippen LogP contribution in [-0.2, 0) is 4.74 Å². The molecule has 116 valence electrons. The number of ether oxygens (including phenoxy) is 1. The molecule has 0 rings (SSSR count). The third-order valence-corrected chi connectivity index (χ3v) is 3.74. The van der Waals surface area contributed by atoms with E-state index >= 15 is 0 Å². The molecule has 0 aliphatic carbocycles. The lowest BCUT2D eigenvalue weighted by atomic mass is 9.99. The maximum atomic E-state index is 5.93. The van der Waals surface area contributed by atoms with Gasteiger partial charge in [-0.15, -0.1) is 0 Å². The second kappa shape index (κ2) is 14.3. The fourth-order valence-corrected chi connectivity index (χ4v) is 2.73. The normalized spacial score (nSPS) is 14.5. The van der Waals surface area contributed by atoms with Crippen molar-refractivity contribution in [2.75, 3.05) is 13.2 Å². The number of unbranched alkanes of at least 4 members (excludes halogenated alkanes) is 5. The molecule has 0 saturated carbocycles. The van der Waals surface area contributed by atoms with E-state index in [1.165, 1.54) is 57.8 Å². The van der Waals surface area contributed by atoms with Crippen molar-refractivity contribution in [3.8, 4) is 0 Å². The Morgan fingerprint density at radius 3 is 2.05 bits per heavy atom. The third kappa shape index (κ3) is 10.4. The van der Waals surface area contributed by atoms with Gasteiger partial charge in [-0.05, 0) is 26.3 Å². The summed E-state index contributed by atoms with van der Waals surface area (Å²) < 4.78 is 5.93. The molecule has 0 aromatic carbocycles. The Morgan fingerprint density at radius 2 is 1.47 bits per heavy atom. The van der Waals surface area contributed by atoms with Crippen molar-refractivity contribution < 1.29 is 4.74 Å². The van der Waals surface area contributed by atoms with Crippen LogP contribution in [-0.4, -0.2) is 25.3 Å². The summed E-state index contributed by atoms with van der Waals surface area (Å²) in [6, 6.07) is 0.552. The van der Waals surface area contributed by atoms with Crippen LogP contribution in [0, 0.1) is 0 Å². The van der Waals surface area contributed by atoms with E-state index in [2.05, 4.69) is 33.0 Å². The molecule has 19 heavy (non-hydrogen) atoms. The van der Waals surface area contributed by atoms with Gasteiger partial charge in [-0.25, -0.2) is 0 Å². The summed E-state index contributed by atoms with van der Waals surface area (Å²) in [7, 11) is 0. The van der Waals surface area contributed by atoms with E-state index in [0.29, 0.717) is 12.1 Å². The van der Waals surface area contributed by atoms with Gasteiger partial charge in [0.05, 0.1) is 6.10 Å². The third-order valence-electron chi connectivity index (χ3n) is 3.74. The second-order valence-corrected chi connectivity index (χ2v) is 5.50. The summed E-state index contributed by atoms with van der Waals surface area (Å²) >= 11 is 0. The number of likely N-dealkylation sites (N-methyl/N-ethyl adjacent to an activating group) is 1. The second-order valence-electron chi connectivity index (χ2n) is 5.50. The molecule has 0 spiro atoms. The van der Waals surface area contributed by atoms with Gasteiger partial charge in [0.2, 0.25) is 0 Å². The Labute approximate surface area is 121 Å². The predicted molar refractivity (Wildman–Crippen MR) is 85.8 cm³/mol. The van der Waals surface area contributed by atoms with E-state index in [0.717, 1.165) is 13.2 Å². The van der Waals surface area contributed by atoms with Gasteiger partial charge in [0.15, 0.2) is 0 Å². The van der Waals surface area contributed by atoms with Crippen molar-refractivity contribution in [3.63, 3.8) is 0 Å². The molecule has 0 saturated heterocycles. The van der Waals surface area contributed by atoms with Crippen molar-refractivity contribution in [1.29, 1.82) is 0 Å². The van der Waals surface area contributed by atoms with Gasteiger partial charge in [-0.3, -0.25) is 0 Å². The quantitative estimate of drug-likeness (QED) is 0.453. The topological polar surface area (TPSA) is 21.3 Å². The summed E-state index contributed by atoms with van der Waals surface area (Å²) in [6.45, 7) is 10.7. The molecule has 2 atom stereocenters. The first kappa shape index (κ1) is 18.9. The molecule has 0 heterocycles. The Hall–Kier alpha value is -0.0800. The zero-order valence-corrected chi connectivity index (χ0v) is 13.8. The molecule has 0 aliphatic heterocycles. The zero-order chi connectivity index (χ0) is 14.3. The molecular formula is C17H37NO. The Morgan fingerprint density at radius 1 is 0.789 bits per heavy atom. The molecule has 0 bridgehead atoms. The number of rotatable bonds is 14. The molecule has 0 radical (unpaired) electrons. The Kier molecular flexibility index (Phi) is 14.3. The SMILES string of the molecule is CCCCCCCCC(NCC)C(CCC)OCC. The van der Waals surface area contributed by atoms with Crippen molar-refractivity contribution in [1.82, 2.24) is 5.32 Å². The molecule has 0 aromatic heterocycles. The van der Waals surface area contributed by atoms with Crippen LogP contribution in [0.4, 0.5) is 0 Å². The Balaban J connectivity index is 3.93. The number of hydrogen-bond donors (Lipinski definition) is 1. The van der Waals surface area contributed by atoms with E-state index in [4.69, 9.17) is 4.74 Å². The smallest absolute Gasteiger partial charge is 0.0727 e. The van der Waals surface area contributed by atoms with E-state index < -0.39 is 0 Å². The fourth-order valence-electron chi connectivity index (χ4n) is 2.73. The summed E-state index contributed by atoms with van der Waals surface area (Å²) in [4.78, 5) is 0. The molecule has 2 heteroatoms. The maximum absolute atomic E-state index is 5.93. The molecule has 1 N–H and O–H groups in total. The molecule has 0 aliphatic rings. The first-order chi connectivity index (χ1) is 9.29. The van der Waals surface area contributed by atoms with Crippen molar-refractivity contribution in [2.45, 2.75) is 97.6 Å². The lowest BCUT2D eigenvalue weighted by Gasteiger charge is -2.27. The number of hydrogen-bond acceptors (Lipinski definition) is 2. The molecule has 2 unspecified atom stereocenters. The van der Waals surface area contributed by atoms with Crippen LogP contribution >= 0.6 is 0 Å². The van der Waals surface area contributed by atoms with Crippen molar-refractivity contribution in [2.24, 2.45) is 0 Å². The summed E-state index contributed by atoms with van der Waals surface area (Å²) in [6.07, 6.45) is 12.3. The first-order valence-electron chi connectivity index (χ1n) is 8.64. The van der Waals surface area contributed by atoms with Crippen LogP contribution in [0.1, 0.15) is 85.5 Å². The summed E-state index contributed by atoms with van der Waals surface area (Å²) in [5.74, 6) is 0. The van der Waals surface area contributed by atoms with Crippen LogP contribution in [0.3, 0.4) is 0 Å². The lowest BCUT2D eigenvalue weighted by Crippen LogP contribution is -2.41. The van der Waals surface area contributed by atoms with Gasteiger partial charge in [0.25, 0.3) is 0 Å². The first-order valence-corrected chi connectivity index (χ1v) is 8.64. The van der Waals surface area contributed by atoms with Crippen molar-refractivity contribution in [3.05, 3.63) is 0 Å². The van der Waals surface area contributed by atoms with Gasteiger partial charge in [-0.2, -0.15) is 0 Å². The minimum atomic E-state index is 0.408. The zero-order valence-electron chi connectivity index (χ0n) is 13.8. The van der Waals surface area contributed by atoms with Crippen LogP contribution in [0.25, 0.3) is 0 Å². The highest BCUT2D eigenvalue weighted by Crippen LogP contribution is 2.15. The van der Waals surface area contributed by atoms with E-state index in [1.54, 1.807) is 0 Å². The molecule has 0 amide bonds.